The molecule has 2 heterocycles. The Labute approximate surface area is 214 Å². The highest BCUT2D eigenvalue weighted by Crippen LogP contribution is 2.32. The molecule has 0 aliphatic carbocycles. The molecule has 2 aliphatic heterocycles. The molecule has 0 aromatic heterocycles. The van der Waals surface area contributed by atoms with Gasteiger partial charge in [-0.25, -0.2) is 0 Å². The molecule has 0 amide bonds. The zero-order chi connectivity index (χ0) is 22.6. The lowest BCUT2D eigenvalue weighted by molar-refractivity contribution is -0.153. The third-order valence-corrected chi connectivity index (χ3v) is 6.04. The summed E-state index contributed by atoms with van der Waals surface area (Å²) in [6.07, 6.45) is 12.2. The minimum absolute atomic E-state index is 0. The molecule has 2 fully saturated rings. The molecule has 0 atom stereocenters. The van der Waals surface area contributed by atoms with Crippen molar-refractivity contribution < 1.29 is 36.2 Å². The van der Waals surface area contributed by atoms with Crippen LogP contribution in [0.3, 0.4) is 0 Å². The van der Waals surface area contributed by atoms with E-state index >= 15 is 0 Å². The first kappa shape index (κ1) is 35.1. The Morgan fingerprint density at radius 3 is 1.78 bits per heavy atom. The maximum atomic E-state index is 12.2. The van der Waals surface area contributed by atoms with E-state index in [1.807, 2.05) is 0 Å². The summed E-state index contributed by atoms with van der Waals surface area (Å²) in [6.45, 7) is 4.15. The van der Waals surface area contributed by atoms with Crippen LogP contribution in [0.25, 0.3) is 5.57 Å². The summed E-state index contributed by atoms with van der Waals surface area (Å²) in [5.74, 6) is -0.0718. The van der Waals surface area contributed by atoms with Gasteiger partial charge in [-0.2, -0.15) is 0 Å². The van der Waals surface area contributed by atoms with E-state index in [4.69, 9.17) is 9.47 Å². The standard InChI is InChI=1S/C26H31NO3.C2H2.4H2O/c28-25(30-24-14-19-29-20-15-24)13-18-27-16-11-23(12-17-27)26(21-7-3-1-4-8-21)22-9-5-2-6-10-22;1-2;;;;/h1-10,24H,11-20H2;1-2H;4*1H2. The van der Waals surface area contributed by atoms with Gasteiger partial charge in [0, 0.05) is 32.5 Å². The maximum absolute atomic E-state index is 12.2. The molecule has 2 aromatic rings. The smallest absolute Gasteiger partial charge is 0.307 e. The minimum Gasteiger partial charge on any atom is -0.462 e. The molecule has 0 saturated carbocycles. The van der Waals surface area contributed by atoms with Gasteiger partial charge in [-0.15, -0.1) is 12.8 Å². The van der Waals surface area contributed by atoms with Gasteiger partial charge < -0.3 is 36.3 Å². The first-order chi connectivity index (χ1) is 15.8. The average Bonchev–Trinajstić information content (AvgIpc) is 2.87. The fourth-order valence-corrected chi connectivity index (χ4v) is 4.37. The third kappa shape index (κ3) is 10.3. The highest BCUT2D eigenvalue weighted by Gasteiger charge is 2.21. The predicted molar refractivity (Wildman–Crippen MR) is 143 cm³/mol. The Hall–Kier alpha value is -3.03. The Bertz CT molecular complexity index is 842. The van der Waals surface area contributed by atoms with Crippen LogP contribution in [-0.4, -0.2) is 71.7 Å². The van der Waals surface area contributed by atoms with Crippen molar-refractivity contribution >= 4 is 11.5 Å². The summed E-state index contributed by atoms with van der Waals surface area (Å²) < 4.78 is 10.9. The molecule has 0 bridgehead atoms. The van der Waals surface area contributed by atoms with Crippen molar-refractivity contribution in [2.24, 2.45) is 0 Å². The quantitative estimate of drug-likeness (QED) is 0.432. The first-order valence-corrected chi connectivity index (χ1v) is 11.5. The first-order valence-electron chi connectivity index (χ1n) is 11.5. The van der Waals surface area contributed by atoms with Gasteiger partial charge in [0.25, 0.3) is 0 Å². The van der Waals surface area contributed by atoms with E-state index in [0.29, 0.717) is 19.6 Å². The number of esters is 1. The topological polar surface area (TPSA) is 165 Å². The number of likely N-dealkylation sites (tertiary alicyclic amines) is 1. The van der Waals surface area contributed by atoms with E-state index in [9.17, 15) is 4.79 Å². The zero-order valence-electron chi connectivity index (χ0n) is 20.7. The van der Waals surface area contributed by atoms with E-state index in [1.54, 1.807) is 0 Å². The van der Waals surface area contributed by atoms with E-state index in [-0.39, 0.29) is 34.0 Å². The Morgan fingerprint density at radius 1 is 0.833 bits per heavy atom. The van der Waals surface area contributed by atoms with Crippen LogP contribution in [0.1, 0.15) is 43.2 Å². The fraction of sp³-hybridized carbons (Fsp3) is 0.393. The molecule has 8 nitrogen and oxygen atoms in total. The number of rotatable bonds is 6. The van der Waals surface area contributed by atoms with Crippen molar-refractivity contribution in [2.75, 3.05) is 32.8 Å². The lowest BCUT2D eigenvalue weighted by Gasteiger charge is -2.30. The van der Waals surface area contributed by atoms with Crippen LogP contribution < -0.4 is 0 Å². The number of carbonyl (C=O) groups excluding carboxylic acids is 1. The lowest BCUT2D eigenvalue weighted by atomic mass is 9.88. The molecule has 200 valence electrons. The Morgan fingerprint density at radius 2 is 1.31 bits per heavy atom. The second kappa shape index (κ2) is 19.2. The van der Waals surface area contributed by atoms with Gasteiger partial charge in [-0.05, 0) is 29.5 Å². The van der Waals surface area contributed by atoms with Gasteiger partial charge in [0.1, 0.15) is 6.10 Å². The van der Waals surface area contributed by atoms with Crippen LogP contribution in [0.4, 0.5) is 0 Å². The molecule has 2 saturated heterocycles. The molecular formula is C28H41NO7. The normalized spacial score (nSPS) is 15.2. The number of hydrogen-bond donors (Lipinski definition) is 0. The van der Waals surface area contributed by atoms with Crippen LogP contribution in [0, 0.1) is 12.8 Å². The number of piperidine rings is 1. The van der Waals surface area contributed by atoms with E-state index in [2.05, 4.69) is 78.4 Å². The molecule has 0 radical (unpaired) electrons. The molecule has 8 heteroatoms. The van der Waals surface area contributed by atoms with Crippen LogP contribution >= 0.6 is 0 Å². The van der Waals surface area contributed by atoms with Crippen LogP contribution in [0.2, 0.25) is 0 Å². The fourth-order valence-electron chi connectivity index (χ4n) is 4.37. The highest BCUT2D eigenvalue weighted by molar-refractivity contribution is 5.82. The predicted octanol–water partition coefficient (Wildman–Crippen LogP) is 1.65. The summed E-state index contributed by atoms with van der Waals surface area (Å²) in [6, 6.07) is 21.4. The highest BCUT2D eigenvalue weighted by atomic mass is 16.6. The van der Waals surface area contributed by atoms with E-state index in [0.717, 1.165) is 45.3 Å². The largest absolute Gasteiger partial charge is 0.462 e. The second-order valence-corrected chi connectivity index (χ2v) is 8.10. The van der Waals surface area contributed by atoms with Crippen LogP contribution in [0.5, 0.6) is 0 Å². The lowest BCUT2D eigenvalue weighted by Crippen LogP contribution is -2.34. The van der Waals surface area contributed by atoms with Crippen molar-refractivity contribution in [2.45, 2.75) is 38.2 Å². The van der Waals surface area contributed by atoms with Crippen molar-refractivity contribution in [1.82, 2.24) is 4.90 Å². The Balaban J connectivity index is 0. The monoisotopic (exact) mass is 503 g/mol. The number of carbonyl (C=O) groups is 1. The SMILES string of the molecule is C#C.O.O.O.O.O=C(CCN1CCC(=C(c2ccccc2)c2ccccc2)CC1)OC1CCOCC1. The van der Waals surface area contributed by atoms with Crippen LogP contribution in [0.15, 0.2) is 66.2 Å². The molecular weight excluding hydrogens is 462 g/mol. The van der Waals surface area contributed by atoms with Gasteiger partial charge >= 0.3 is 5.97 Å². The average molecular weight is 504 g/mol. The number of ether oxygens (including phenoxy) is 2. The summed E-state index contributed by atoms with van der Waals surface area (Å²) in [5, 5.41) is 0. The maximum Gasteiger partial charge on any atom is 0.307 e. The summed E-state index contributed by atoms with van der Waals surface area (Å²) in [7, 11) is 0. The third-order valence-electron chi connectivity index (χ3n) is 6.04. The molecule has 2 aromatic carbocycles. The van der Waals surface area contributed by atoms with E-state index < -0.39 is 0 Å². The van der Waals surface area contributed by atoms with Crippen molar-refractivity contribution in [3.05, 3.63) is 77.4 Å². The molecule has 8 N–H and O–H groups in total. The minimum atomic E-state index is -0.0718. The van der Waals surface area contributed by atoms with Gasteiger partial charge in [0.15, 0.2) is 0 Å². The summed E-state index contributed by atoms with van der Waals surface area (Å²) in [4.78, 5) is 14.6. The molecule has 0 spiro atoms. The number of hydrogen-bond acceptors (Lipinski definition) is 4. The van der Waals surface area contributed by atoms with Gasteiger partial charge in [0.05, 0.1) is 19.6 Å². The van der Waals surface area contributed by atoms with Gasteiger partial charge in [-0.1, -0.05) is 66.2 Å². The number of terminal acetylenes is 1. The van der Waals surface area contributed by atoms with Crippen molar-refractivity contribution in [3.8, 4) is 12.8 Å². The molecule has 36 heavy (non-hydrogen) atoms. The van der Waals surface area contributed by atoms with Crippen molar-refractivity contribution in [1.29, 1.82) is 0 Å². The van der Waals surface area contributed by atoms with Gasteiger partial charge in [0.2, 0.25) is 0 Å². The molecule has 2 aliphatic rings. The molecule has 0 unspecified atom stereocenters. The van der Waals surface area contributed by atoms with Gasteiger partial charge in [-0.3, -0.25) is 4.79 Å². The second-order valence-electron chi connectivity index (χ2n) is 8.10. The number of benzene rings is 2. The zero-order valence-corrected chi connectivity index (χ0v) is 20.7. The Kier molecular flexibility index (Phi) is 18.7. The summed E-state index contributed by atoms with van der Waals surface area (Å²) in [5.41, 5.74) is 5.45. The summed E-state index contributed by atoms with van der Waals surface area (Å²) >= 11 is 0. The molecule has 4 rings (SSSR count). The van der Waals surface area contributed by atoms with E-state index in [1.165, 1.54) is 22.3 Å². The van der Waals surface area contributed by atoms with Crippen LogP contribution in [-0.2, 0) is 14.3 Å². The number of nitrogens with zero attached hydrogens (tertiary/aromatic N) is 1. The van der Waals surface area contributed by atoms with Crippen molar-refractivity contribution in [3.63, 3.8) is 0 Å².